The normalized spacial score (nSPS) is 10.9. The molecule has 0 radical (unpaired) electrons. The Labute approximate surface area is 219 Å². The van der Waals surface area contributed by atoms with E-state index >= 15 is 0 Å². The molecule has 0 aliphatic heterocycles. The summed E-state index contributed by atoms with van der Waals surface area (Å²) in [6, 6.07) is 13.9. The van der Waals surface area contributed by atoms with Crippen LogP contribution in [0.15, 0.2) is 61.3 Å². The molecular weight excluding hydrogens is 493 g/mol. The summed E-state index contributed by atoms with van der Waals surface area (Å²) in [7, 11) is 5.73. The van der Waals surface area contributed by atoms with Crippen molar-refractivity contribution < 1.29 is 4.79 Å². The van der Waals surface area contributed by atoms with Gasteiger partial charge in [-0.2, -0.15) is 4.98 Å². The van der Waals surface area contributed by atoms with Gasteiger partial charge in [0.15, 0.2) is 5.82 Å². The molecule has 1 aromatic heterocycles. The summed E-state index contributed by atoms with van der Waals surface area (Å²) in [6.45, 7) is 9.64. The average molecular weight is 526 g/mol. The van der Waals surface area contributed by atoms with E-state index in [-0.39, 0.29) is 13.8 Å². The molecule has 36 heavy (non-hydrogen) atoms. The molecule has 1 amide bonds. The summed E-state index contributed by atoms with van der Waals surface area (Å²) in [6.07, 6.45) is 2.81. The Hall–Kier alpha value is -3.19. The van der Waals surface area contributed by atoms with Gasteiger partial charge in [-0.1, -0.05) is 44.3 Å². The van der Waals surface area contributed by atoms with Gasteiger partial charge in [-0.15, -0.1) is 0 Å². The molecule has 0 bridgehead atoms. The van der Waals surface area contributed by atoms with Crippen LogP contribution >= 0.6 is 19.5 Å². The van der Waals surface area contributed by atoms with E-state index in [1.54, 1.807) is 6.20 Å². The van der Waals surface area contributed by atoms with Crippen LogP contribution in [0.2, 0.25) is 5.02 Å². The highest BCUT2D eigenvalue weighted by Gasteiger charge is 2.13. The van der Waals surface area contributed by atoms with Crippen LogP contribution in [-0.2, 0) is 4.79 Å². The maximum Gasteiger partial charge on any atom is 0.247 e. The smallest absolute Gasteiger partial charge is 0.247 e. The van der Waals surface area contributed by atoms with E-state index in [0.717, 1.165) is 30.2 Å². The van der Waals surface area contributed by atoms with Crippen molar-refractivity contribution in [3.63, 3.8) is 0 Å². The van der Waals surface area contributed by atoms with Crippen LogP contribution in [-0.4, -0.2) is 68.3 Å². The first-order chi connectivity index (χ1) is 17.2. The second kappa shape index (κ2) is 12.7. The fraction of sp³-hybridized carbons (Fsp3) is 0.269. The van der Waals surface area contributed by atoms with Crippen LogP contribution in [0.25, 0.3) is 0 Å². The van der Waals surface area contributed by atoms with E-state index in [1.807, 2.05) is 57.5 Å². The first-order valence-corrected chi connectivity index (χ1v) is 14.1. The van der Waals surface area contributed by atoms with Crippen LogP contribution in [0.3, 0.4) is 0 Å². The lowest BCUT2D eigenvalue weighted by Crippen LogP contribution is -2.29. The standard InChI is InChI=1S/C26H33ClN7OP/c1-7-24(35)30-21-16-18(12-13-22(21)34(4)15-14-33(2)3)29-26-28-17-19(27)25(32-26)31-20-10-8-9-11-23(20)36(5)6/h7-13,16-17H,1,14-15H2,2-6H3,(H,30,35)(H2,28,29,31,32). The maximum atomic E-state index is 12.1. The third kappa shape index (κ3) is 7.40. The van der Waals surface area contributed by atoms with Gasteiger partial charge in [0.1, 0.15) is 5.02 Å². The number of likely N-dealkylation sites (N-methyl/N-ethyl adjacent to an activating group) is 2. The Morgan fingerprint density at radius 2 is 1.83 bits per heavy atom. The van der Waals surface area contributed by atoms with Crippen molar-refractivity contribution in [2.24, 2.45) is 0 Å². The molecule has 2 aromatic carbocycles. The van der Waals surface area contributed by atoms with Crippen LogP contribution in [0.1, 0.15) is 0 Å². The lowest BCUT2D eigenvalue weighted by atomic mass is 10.2. The summed E-state index contributed by atoms with van der Waals surface area (Å²) >= 11 is 6.41. The van der Waals surface area contributed by atoms with Crippen LogP contribution in [0, 0.1) is 0 Å². The second-order valence-electron chi connectivity index (χ2n) is 8.70. The van der Waals surface area contributed by atoms with Gasteiger partial charge in [0.05, 0.1) is 17.6 Å². The minimum absolute atomic E-state index is 0.283. The Kier molecular flexibility index (Phi) is 9.65. The summed E-state index contributed by atoms with van der Waals surface area (Å²) < 4.78 is 0. The van der Waals surface area contributed by atoms with Crippen molar-refractivity contribution in [3.8, 4) is 0 Å². The molecule has 0 fully saturated rings. The first-order valence-electron chi connectivity index (χ1n) is 11.4. The van der Waals surface area contributed by atoms with E-state index < -0.39 is 0 Å². The minimum Gasteiger partial charge on any atom is -0.372 e. The third-order valence-electron chi connectivity index (χ3n) is 5.37. The number of para-hydroxylation sites is 1. The number of carbonyl (C=O) groups excluding carboxylic acids is 1. The number of hydrogen-bond donors (Lipinski definition) is 3. The number of rotatable bonds is 11. The van der Waals surface area contributed by atoms with Crippen LogP contribution in [0.5, 0.6) is 0 Å². The molecule has 1 heterocycles. The summed E-state index contributed by atoms with van der Waals surface area (Å²) in [5.41, 5.74) is 3.24. The summed E-state index contributed by atoms with van der Waals surface area (Å²) in [5, 5.41) is 11.1. The van der Waals surface area contributed by atoms with Crippen molar-refractivity contribution in [1.29, 1.82) is 0 Å². The van der Waals surface area contributed by atoms with Gasteiger partial charge in [-0.25, -0.2) is 4.98 Å². The van der Waals surface area contributed by atoms with E-state index in [1.165, 1.54) is 11.4 Å². The highest BCUT2D eigenvalue weighted by atomic mass is 35.5. The zero-order valence-corrected chi connectivity index (χ0v) is 23.0. The highest BCUT2D eigenvalue weighted by Crippen LogP contribution is 2.32. The van der Waals surface area contributed by atoms with Gasteiger partial charge in [0.25, 0.3) is 0 Å². The Balaban J connectivity index is 1.87. The number of aromatic nitrogens is 2. The first kappa shape index (κ1) is 27.4. The molecular formula is C26H33ClN7OP. The van der Waals surface area contributed by atoms with E-state index in [9.17, 15) is 4.79 Å². The number of benzene rings is 2. The molecule has 0 spiro atoms. The molecule has 190 valence electrons. The predicted molar refractivity (Wildman–Crippen MR) is 156 cm³/mol. The van der Waals surface area contributed by atoms with Gasteiger partial charge in [0.2, 0.25) is 11.9 Å². The molecule has 3 rings (SSSR count). The van der Waals surface area contributed by atoms with Crippen molar-refractivity contribution in [2.75, 3.05) is 68.4 Å². The Morgan fingerprint density at radius 1 is 1.08 bits per heavy atom. The highest BCUT2D eigenvalue weighted by molar-refractivity contribution is 7.64. The number of anilines is 6. The molecule has 0 aliphatic carbocycles. The summed E-state index contributed by atoms with van der Waals surface area (Å²) in [5.74, 6) is 0.608. The van der Waals surface area contributed by atoms with Crippen molar-refractivity contribution in [1.82, 2.24) is 14.9 Å². The molecule has 0 unspecified atom stereocenters. The van der Waals surface area contributed by atoms with E-state index in [0.29, 0.717) is 22.5 Å². The topological polar surface area (TPSA) is 85.4 Å². The number of nitrogens with one attached hydrogen (secondary N) is 3. The molecule has 0 saturated heterocycles. The average Bonchev–Trinajstić information content (AvgIpc) is 2.85. The maximum absolute atomic E-state index is 12.1. The lowest BCUT2D eigenvalue weighted by molar-refractivity contribution is -0.111. The molecule has 8 nitrogen and oxygen atoms in total. The molecule has 3 aromatic rings. The number of amides is 1. The predicted octanol–water partition coefficient (Wildman–Crippen LogP) is 5.11. The Bertz CT molecular complexity index is 1220. The molecule has 0 aliphatic rings. The second-order valence-corrected chi connectivity index (χ2v) is 11.4. The fourth-order valence-corrected chi connectivity index (χ4v) is 4.58. The minimum atomic E-state index is -0.310. The van der Waals surface area contributed by atoms with Gasteiger partial charge in [0, 0.05) is 31.5 Å². The van der Waals surface area contributed by atoms with Gasteiger partial charge in [-0.3, -0.25) is 4.79 Å². The Morgan fingerprint density at radius 3 is 2.53 bits per heavy atom. The van der Waals surface area contributed by atoms with E-state index in [2.05, 4.69) is 61.7 Å². The van der Waals surface area contributed by atoms with Gasteiger partial charge < -0.3 is 25.8 Å². The molecule has 10 heteroatoms. The number of carbonyl (C=O) groups is 1. The largest absolute Gasteiger partial charge is 0.372 e. The third-order valence-corrected chi connectivity index (χ3v) is 7.00. The fourth-order valence-electron chi connectivity index (χ4n) is 3.44. The van der Waals surface area contributed by atoms with Crippen molar-refractivity contribution in [2.45, 2.75) is 0 Å². The molecule has 3 N–H and O–H groups in total. The van der Waals surface area contributed by atoms with Gasteiger partial charge >= 0.3 is 0 Å². The van der Waals surface area contributed by atoms with Crippen LogP contribution in [0.4, 0.5) is 34.5 Å². The zero-order valence-electron chi connectivity index (χ0n) is 21.3. The number of halogens is 1. The van der Waals surface area contributed by atoms with Crippen molar-refractivity contribution in [3.05, 3.63) is 66.3 Å². The number of nitrogens with zero attached hydrogens (tertiary/aromatic N) is 4. The molecule has 0 atom stereocenters. The monoisotopic (exact) mass is 525 g/mol. The quantitative estimate of drug-likeness (QED) is 0.237. The SMILES string of the molecule is C=CC(=O)Nc1cc(Nc2ncc(Cl)c(Nc3ccccc3P(C)C)n2)ccc1N(C)CCN(C)C. The number of hydrogen-bond acceptors (Lipinski definition) is 7. The van der Waals surface area contributed by atoms with E-state index in [4.69, 9.17) is 11.6 Å². The van der Waals surface area contributed by atoms with Crippen molar-refractivity contribution >= 4 is 65.2 Å². The summed E-state index contributed by atoms with van der Waals surface area (Å²) in [4.78, 5) is 25.2. The molecule has 0 saturated carbocycles. The lowest BCUT2D eigenvalue weighted by Gasteiger charge is -2.24. The van der Waals surface area contributed by atoms with Gasteiger partial charge in [-0.05, 0) is 63.1 Å². The van der Waals surface area contributed by atoms with Crippen LogP contribution < -0.4 is 26.2 Å². The zero-order chi connectivity index (χ0) is 26.2.